The lowest BCUT2D eigenvalue weighted by Crippen LogP contribution is -2.06. The third-order valence-electron chi connectivity index (χ3n) is 1.54. The third kappa shape index (κ3) is 1.39. The van der Waals surface area contributed by atoms with Gasteiger partial charge in [-0.15, -0.1) is 0 Å². The molecule has 0 unspecified atom stereocenters. The molecule has 0 saturated carbocycles. The molecular formula is C7H11N3O2. The fraction of sp³-hybridized carbons (Fsp3) is 0.429. The molecule has 0 aliphatic rings. The van der Waals surface area contributed by atoms with E-state index in [-0.39, 0.29) is 0 Å². The van der Waals surface area contributed by atoms with E-state index in [2.05, 4.69) is 20.3 Å². The number of aliphatic hydroxyl groups is 1. The molecule has 0 bridgehead atoms. The van der Waals surface area contributed by atoms with Gasteiger partial charge in [-0.2, -0.15) is 0 Å². The monoisotopic (exact) mass is 169 g/mol. The van der Waals surface area contributed by atoms with E-state index in [0.717, 1.165) is 18.4 Å². The molecule has 0 saturated heterocycles. The summed E-state index contributed by atoms with van der Waals surface area (Å²) < 4.78 is 4.53. The Balaban J connectivity index is 3.00. The Morgan fingerprint density at radius 3 is 2.92 bits per heavy atom. The molecule has 66 valence electrons. The minimum atomic E-state index is 0.508. The van der Waals surface area contributed by atoms with Crippen LogP contribution in [-0.4, -0.2) is 22.5 Å². The summed E-state index contributed by atoms with van der Waals surface area (Å²) >= 11 is 0. The van der Waals surface area contributed by atoms with Crippen LogP contribution in [0.25, 0.3) is 5.70 Å². The molecule has 0 aliphatic carbocycles. The fourth-order valence-electron chi connectivity index (χ4n) is 0.887. The summed E-state index contributed by atoms with van der Waals surface area (Å²) in [5.41, 5.74) is 1.79. The van der Waals surface area contributed by atoms with Gasteiger partial charge in [0, 0.05) is 7.05 Å². The van der Waals surface area contributed by atoms with Gasteiger partial charge in [0.25, 0.3) is 0 Å². The van der Waals surface area contributed by atoms with Crippen LogP contribution in [0.5, 0.6) is 0 Å². The number of aryl methyl sites for hydroxylation is 1. The molecule has 0 atom stereocenters. The number of aromatic nitrogens is 2. The maximum atomic E-state index is 8.78. The molecule has 5 heteroatoms. The van der Waals surface area contributed by atoms with Gasteiger partial charge in [0.15, 0.2) is 5.69 Å². The van der Waals surface area contributed by atoms with E-state index < -0.39 is 0 Å². The van der Waals surface area contributed by atoms with Gasteiger partial charge in [0.2, 0.25) is 0 Å². The number of nitrogens with zero attached hydrogens (tertiary/aromatic N) is 2. The Hall–Kier alpha value is -1.52. The van der Waals surface area contributed by atoms with Crippen LogP contribution >= 0.6 is 0 Å². The van der Waals surface area contributed by atoms with Gasteiger partial charge >= 0.3 is 0 Å². The van der Waals surface area contributed by atoms with Gasteiger partial charge in [-0.05, 0) is 11.6 Å². The van der Waals surface area contributed by atoms with Crippen molar-refractivity contribution in [1.29, 1.82) is 0 Å². The molecule has 1 aromatic heterocycles. The zero-order valence-electron chi connectivity index (χ0n) is 7.03. The van der Waals surface area contributed by atoms with E-state index in [4.69, 9.17) is 5.11 Å². The molecule has 0 fully saturated rings. The van der Waals surface area contributed by atoms with E-state index in [9.17, 15) is 0 Å². The maximum absolute atomic E-state index is 8.78. The summed E-state index contributed by atoms with van der Waals surface area (Å²) in [5, 5.41) is 18.9. The summed E-state index contributed by atoms with van der Waals surface area (Å²) in [7, 11) is 1.69. The smallest absolute Gasteiger partial charge is 0.157 e. The minimum absolute atomic E-state index is 0.508. The second-order valence-electron chi connectivity index (χ2n) is 2.21. The van der Waals surface area contributed by atoms with E-state index in [1.54, 1.807) is 7.05 Å². The molecule has 0 amide bonds. The van der Waals surface area contributed by atoms with Crippen LogP contribution in [0, 0.1) is 0 Å². The van der Waals surface area contributed by atoms with Crippen molar-refractivity contribution < 1.29 is 9.74 Å². The van der Waals surface area contributed by atoms with E-state index in [1.165, 1.54) is 0 Å². The maximum Gasteiger partial charge on any atom is 0.157 e. The fourth-order valence-corrected chi connectivity index (χ4v) is 0.887. The van der Waals surface area contributed by atoms with E-state index in [0.29, 0.717) is 11.4 Å². The molecule has 2 N–H and O–H groups in total. The van der Waals surface area contributed by atoms with Crippen LogP contribution in [0.15, 0.2) is 10.9 Å². The highest BCUT2D eigenvalue weighted by Gasteiger charge is 2.11. The van der Waals surface area contributed by atoms with Crippen molar-refractivity contribution in [2.75, 3.05) is 7.05 Å². The normalized spacial score (nSPS) is 11.7. The number of hydrogen-bond donors (Lipinski definition) is 2. The standard InChI is InChI=1S/C7H11N3O2/c1-3-5-7(10-12-9-5)6(4-11)8-2/h4,8,11H,3H2,1-2H3/b6-4+. The Morgan fingerprint density at radius 1 is 1.67 bits per heavy atom. The molecule has 1 rings (SSSR count). The zero-order valence-corrected chi connectivity index (χ0v) is 7.03. The molecular weight excluding hydrogens is 158 g/mol. The molecule has 0 radical (unpaired) electrons. The highest BCUT2D eigenvalue weighted by Crippen LogP contribution is 2.11. The SMILES string of the molecule is CCc1nonc1/C(=C\O)NC. The van der Waals surface area contributed by atoms with Crippen LogP contribution in [0.3, 0.4) is 0 Å². The van der Waals surface area contributed by atoms with Crippen LogP contribution in [0.1, 0.15) is 18.3 Å². The lowest BCUT2D eigenvalue weighted by molar-refractivity contribution is 0.302. The van der Waals surface area contributed by atoms with Gasteiger partial charge < -0.3 is 10.4 Å². The van der Waals surface area contributed by atoms with Crippen molar-refractivity contribution in [3.8, 4) is 0 Å². The van der Waals surface area contributed by atoms with Gasteiger partial charge in [-0.25, -0.2) is 4.63 Å². The molecule has 12 heavy (non-hydrogen) atoms. The predicted molar refractivity (Wildman–Crippen MR) is 43.3 cm³/mol. The second-order valence-corrected chi connectivity index (χ2v) is 2.21. The largest absolute Gasteiger partial charge is 0.513 e. The highest BCUT2D eigenvalue weighted by atomic mass is 16.6. The summed E-state index contributed by atoms with van der Waals surface area (Å²) in [6, 6.07) is 0. The van der Waals surface area contributed by atoms with Crippen molar-refractivity contribution >= 4 is 5.70 Å². The molecule has 1 heterocycles. The summed E-state index contributed by atoms with van der Waals surface area (Å²) in [6.45, 7) is 1.94. The van der Waals surface area contributed by atoms with Gasteiger partial charge in [-0.3, -0.25) is 0 Å². The first kappa shape index (κ1) is 8.58. The predicted octanol–water partition coefficient (Wildman–Crippen LogP) is 0.708. The lowest BCUT2D eigenvalue weighted by Gasteiger charge is -1.99. The minimum Gasteiger partial charge on any atom is -0.513 e. The molecule has 0 aliphatic heterocycles. The quantitative estimate of drug-likeness (QED) is 0.652. The molecule has 1 aromatic rings. The van der Waals surface area contributed by atoms with Crippen LogP contribution in [0.2, 0.25) is 0 Å². The zero-order chi connectivity index (χ0) is 8.97. The Kier molecular flexibility index (Phi) is 2.68. The van der Waals surface area contributed by atoms with Crippen LogP contribution in [0.4, 0.5) is 0 Å². The third-order valence-corrected chi connectivity index (χ3v) is 1.54. The summed E-state index contributed by atoms with van der Waals surface area (Å²) in [4.78, 5) is 0. The van der Waals surface area contributed by atoms with E-state index in [1.807, 2.05) is 6.92 Å². The Bertz CT molecular complexity index is 280. The van der Waals surface area contributed by atoms with Crippen molar-refractivity contribution in [2.45, 2.75) is 13.3 Å². The van der Waals surface area contributed by atoms with Crippen molar-refractivity contribution in [2.24, 2.45) is 0 Å². The number of nitrogens with one attached hydrogen (secondary N) is 1. The number of aliphatic hydroxyl groups excluding tert-OH is 1. The van der Waals surface area contributed by atoms with E-state index >= 15 is 0 Å². The second kappa shape index (κ2) is 3.75. The first-order valence-electron chi connectivity index (χ1n) is 3.67. The number of hydrogen-bond acceptors (Lipinski definition) is 5. The van der Waals surface area contributed by atoms with Crippen molar-refractivity contribution in [1.82, 2.24) is 15.6 Å². The van der Waals surface area contributed by atoms with Crippen molar-refractivity contribution in [3.05, 3.63) is 17.6 Å². The van der Waals surface area contributed by atoms with Crippen LogP contribution < -0.4 is 5.32 Å². The molecule has 0 spiro atoms. The first-order valence-corrected chi connectivity index (χ1v) is 3.67. The summed E-state index contributed by atoms with van der Waals surface area (Å²) in [5.74, 6) is 0. The summed E-state index contributed by atoms with van der Waals surface area (Å²) in [6.07, 6.45) is 1.66. The number of rotatable bonds is 3. The lowest BCUT2D eigenvalue weighted by atomic mass is 10.2. The first-order chi connectivity index (χ1) is 5.83. The molecule has 0 aromatic carbocycles. The topological polar surface area (TPSA) is 71.2 Å². The van der Waals surface area contributed by atoms with Crippen molar-refractivity contribution in [3.63, 3.8) is 0 Å². The van der Waals surface area contributed by atoms with Gasteiger partial charge in [0.1, 0.15) is 17.7 Å². The Labute approximate surface area is 70.0 Å². The highest BCUT2D eigenvalue weighted by molar-refractivity contribution is 5.60. The van der Waals surface area contributed by atoms with Gasteiger partial charge in [-0.1, -0.05) is 12.1 Å². The average molecular weight is 169 g/mol. The molecule has 5 nitrogen and oxygen atoms in total. The van der Waals surface area contributed by atoms with Crippen LogP contribution in [-0.2, 0) is 6.42 Å². The average Bonchev–Trinajstić information content (AvgIpc) is 2.55. The Morgan fingerprint density at radius 2 is 2.42 bits per heavy atom. The van der Waals surface area contributed by atoms with Gasteiger partial charge in [0.05, 0.1) is 0 Å².